The maximum Gasteiger partial charge on any atom is 0.453 e. The number of sulfone groups is 1. The number of carbonyl (C=O) groups excluding carboxylic acids is 1. The molecule has 152 valence electrons. The minimum absolute atomic E-state index is 0.0297. The highest BCUT2D eigenvalue weighted by Gasteiger charge is 2.40. The van der Waals surface area contributed by atoms with Crippen molar-refractivity contribution in [1.82, 2.24) is 19.8 Å². The van der Waals surface area contributed by atoms with Crippen LogP contribution in [0.4, 0.5) is 13.2 Å². The van der Waals surface area contributed by atoms with E-state index in [0.717, 1.165) is 37.4 Å². The van der Waals surface area contributed by atoms with E-state index in [2.05, 4.69) is 10.2 Å². The first-order valence-electron chi connectivity index (χ1n) is 8.50. The predicted octanol–water partition coefficient (Wildman–Crippen LogP) is 1.06. The molecule has 1 unspecified atom stereocenters. The number of halogens is 3. The van der Waals surface area contributed by atoms with Gasteiger partial charge in [0.2, 0.25) is 11.1 Å². The lowest BCUT2D eigenvalue weighted by Crippen LogP contribution is -2.47. The summed E-state index contributed by atoms with van der Waals surface area (Å²) in [6.07, 6.45) is -0.810. The number of nitrogen functional groups attached to an aromatic ring is 1. The van der Waals surface area contributed by atoms with E-state index in [-0.39, 0.29) is 40.4 Å². The molecule has 27 heavy (non-hydrogen) atoms. The Morgan fingerprint density at radius 3 is 2.41 bits per heavy atom. The molecule has 1 aromatic rings. The summed E-state index contributed by atoms with van der Waals surface area (Å²) < 4.78 is 62.1. The smallest absolute Gasteiger partial charge is 0.335 e. The Morgan fingerprint density at radius 2 is 1.89 bits per heavy atom. The number of thioether (sulfide) groups is 1. The van der Waals surface area contributed by atoms with Crippen LogP contribution in [0, 0.1) is 0 Å². The van der Waals surface area contributed by atoms with Gasteiger partial charge in [0.05, 0.1) is 17.3 Å². The number of nitrogens with two attached hydrogens (primary N) is 1. The quantitative estimate of drug-likeness (QED) is 0.552. The minimum Gasteiger partial charge on any atom is -0.335 e. The van der Waals surface area contributed by atoms with E-state index in [1.165, 1.54) is 0 Å². The van der Waals surface area contributed by atoms with Gasteiger partial charge in [0.1, 0.15) is 0 Å². The fourth-order valence-corrected chi connectivity index (χ4v) is 6.09. The third-order valence-corrected chi connectivity index (χ3v) is 7.53. The summed E-state index contributed by atoms with van der Waals surface area (Å²) in [6.45, 7) is 0. The summed E-state index contributed by atoms with van der Waals surface area (Å²) in [4.78, 5) is 14.4. The lowest BCUT2D eigenvalue weighted by molar-refractivity contribution is -0.146. The highest BCUT2D eigenvalue weighted by molar-refractivity contribution is 7.99. The van der Waals surface area contributed by atoms with Gasteiger partial charge in [-0.05, 0) is 19.3 Å². The molecule has 3 rings (SSSR count). The number of nitrogens with zero attached hydrogens (tertiary/aromatic N) is 4. The Bertz CT molecular complexity index is 805. The number of alkyl halides is 3. The van der Waals surface area contributed by atoms with Crippen LogP contribution in [0.5, 0.6) is 0 Å². The Hall–Kier alpha value is -1.50. The summed E-state index contributed by atoms with van der Waals surface area (Å²) in [7, 11) is -3.16. The molecule has 1 aromatic heterocycles. The number of hydrogen-bond acceptors (Lipinski definition) is 7. The van der Waals surface area contributed by atoms with E-state index < -0.39 is 21.8 Å². The van der Waals surface area contributed by atoms with Crippen molar-refractivity contribution < 1.29 is 26.4 Å². The molecule has 1 aliphatic carbocycles. The molecule has 0 bridgehead atoms. The van der Waals surface area contributed by atoms with Crippen LogP contribution in [0.2, 0.25) is 0 Å². The zero-order valence-electron chi connectivity index (χ0n) is 14.4. The zero-order valence-corrected chi connectivity index (χ0v) is 16.0. The molecule has 0 radical (unpaired) electrons. The van der Waals surface area contributed by atoms with Gasteiger partial charge in [-0.25, -0.2) is 13.1 Å². The van der Waals surface area contributed by atoms with E-state index in [1.54, 1.807) is 4.90 Å². The van der Waals surface area contributed by atoms with Gasteiger partial charge in [0, 0.05) is 12.1 Å². The van der Waals surface area contributed by atoms with Crippen molar-refractivity contribution in [1.29, 1.82) is 0 Å². The highest BCUT2D eigenvalue weighted by Crippen LogP contribution is 2.31. The Labute approximate surface area is 158 Å². The maximum absolute atomic E-state index is 12.8. The van der Waals surface area contributed by atoms with E-state index in [0.29, 0.717) is 11.1 Å². The van der Waals surface area contributed by atoms with E-state index in [1.807, 2.05) is 0 Å². The molecule has 8 nitrogen and oxygen atoms in total. The zero-order chi connectivity index (χ0) is 19.8. The van der Waals surface area contributed by atoms with Crippen LogP contribution in [0.1, 0.15) is 37.9 Å². The molecule has 1 saturated carbocycles. The van der Waals surface area contributed by atoms with Gasteiger partial charge in [0.15, 0.2) is 9.84 Å². The molecule has 2 aliphatic rings. The van der Waals surface area contributed by atoms with Gasteiger partial charge in [0.25, 0.3) is 5.82 Å². The molecule has 2 heterocycles. The maximum atomic E-state index is 12.8. The molecule has 0 aromatic carbocycles. The third-order valence-electron chi connectivity index (χ3n) is 4.85. The Morgan fingerprint density at radius 1 is 1.22 bits per heavy atom. The first kappa shape index (κ1) is 20.2. The minimum atomic E-state index is -4.74. The molecular weight excluding hydrogens is 407 g/mol. The predicted molar refractivity (Wildman–Crippen MR) is 92.1 cm³/mol. The van der Waals surface area contributed by atoms with E-state index in [4.69, 9.17) is 5.84 Å². The summed E-state index contributed by atoms with van der Waals surface area (Å²) in [5.41, 5.74) is 0. The van der Waals surface area contributed by atoms with Crippen molar-refractivity contribution in [3.8, 4) is 0 Å². The van der Waals surface area contributed by atoms with Crippen molar-refractivity contribution >= 4 is 27.5 Å². The SMILES string of the molecule is Nn1c(SCC(=O)N(C2CCCC2)C2CCS(=O)(=O)C2)nnc1C(F)(F)F. The fourth-order valence-electron chi connectivity index (χ4n) is 3.65. The standard InChI is InChI=1S/C14H20F3N5O3S2/c15-14(16,17)12-19-20-13(22(12)18)26-7-11(23)21(9-3-1-2-4-9)10-5-6-27(24,25)8-10/h9-10H,1-8,18H2. The molecule has 1 aliphatic heterocycles. The topological polar surface area (TPSA) is 111 Å². The lowest BCUT2D eigenvalue weighted by Gasteiger charge is -2.34. The molecule has 1 saturated heterocycles. The molecule has 2 N–H and O–H groups in total. The summed E-state index contributed by atoms with van der Waals surface area (Å²) in [5, 5.41) is 6.20. The van der Waals surface area contributed by atoms with E-state index in [9.17, 15) is 26.4 Å². The largest absolute Gasteiger partial charge is 0.453 e. The van der Waals surface area contributed by atoms with Gasteiger partial charge in [-0.2, -0.15) is 13.2 Å². The first-order chi connectivity index (χ1) is 12.6. The van der Waals surface area contributed by atoms with Gasteiger partial charge in [-0.1, -0.05) is 24.6 Å². The number of carbonyl (C=O) groups is 1. The average Bonchev–Trinajstić information content (AvgIpc) is 3.26. The third kappa shape index (κ3) is 4.50. The van der Waals surface area contributed by atoms with E-state index >= 15 is 0 Å². The second-order valence-corrected chi connectivity index (χ2v) is 9.93. The van der Waals surface area contributed by atoms with Crippen molar-refractivity contribution in [3.63, 3.8) is 0 Å². The molecule has 1 amide bonds. The fraction of sp³-hybridized carbons (Fsp3) is 0.786. The van der Waals surface area contributed by atoms with Crippen molar-refractivity contribution in [2.75, 3.05) is 23.1 Å². The molecule has 2 fully saturated rings. The number of aromatic nitrogens is 3. The number of hydrogen-bond donors (Lipinski definition) is 1. The van der Waals surface area contributed by atoms with Crippen LogP contribution < -0.4 is 5.84 Å². The van der Waals surface area contributed by atoms with Crippen LogP contribution in [0.25, 0.3) is 0 Å². The highest BCUT2D eigenvalue weighted by atomic mass is 32.2. The second-order valence-electron chi connectivity index (χ2n) is 6.76. The second kappa shape index (κ2) is 7.49. The molecule has 0 spiro atoms. The van der Waals surface area contributed by atoms with Gasteiger partial charge >= 0.3 is 6.18 Å². The summed E-state index contributed by atoms with van der Waals surface area (Å²) in [5.74, 6) is 3.53. The van der Waals surface area contributed by atoms with Crippen LogP contribution in [-0.2, 0) is 20.8 Å². The first-order valence-corrected chi connectivity index (χ1v) is 11.3. The molecular formula is C14H20F3N5O3S2. The monoisotopic (exact) mass is 427 g/mol. The Balaban J connectivity index is 1.71. The number of amides is 1. The van der Waals surface area contributed by atoms with Crippen LogP contribution >= 0.6 is 11.8 Å². The van der Waals surface area contributed by atoms with Gasteiger partial charge < -0.3 is 10.7 Å². The Kier molecular flexibility index (Phi) is 5.62. The van der Waals surface area contributed by atoms with Crippen molar-refractivity contribution in [2.24, 2.45) is 0 Å². The van der Waals surface area contributed by atoms with Crippen LogP contribution in [-0.4, -0.2) is 63.4 Å². The summed E-state index contributed by atoms with van der Waals surface area (Å²) >= 11 is 0.762. The van der Waals surface area contributed by atoms with Crippen LogP contribution in [0.15, 0.2) is 5.16 Å². The molecule has 13 heteroatoms. The number of rotatable bonds is 5. The van der Waals surface area contributed by atoms with Gasteiger partial charge in [-0.15, -0.1) is 10.2 Å². The normalized spacial score (nSPS) is 23.0. The average molecular weight is 427 g/mol. The van der Waals surface area contributed by atoms with Gasteiger partial charge in [-0.3, -0.25) is 4.79 Å². The summed E-state index contributed by atoms with van der Waals surface area (Å²) in [6, 6.07) is -0.412. The molecule has 1 atom stereocenters. The van der Waals surface area contributed by atoms with Crippen LogP contribution in [0.3, 0.4) is 0 Å². The van der Waals surface area contributed by atoms with Crippen molar-refractivity contribution in [2.45, 2.75) is 55.5 Å². The van der Waals surface area contributed by atoms with Crippen molar-refractivity contribution in [3.05, 3.63) is 5.82 Å². The lowest BCUT2D eigenvalue weighted by atomic mass is 10.1.